The molecule has 0 aromatic heterocycles. The fraction of sp³-hybridized carbons (Fsp3) is 0.188. The first-order chi connectivity index (χ1) is 19.7. The van der Waals surface area contributed by atoms with Gasteiger partial charge in [0.2, 0.25) is 0 Å². The predicted octanol–water partition coefficient (Wildman–Crippen LogP) is 7.47. The fourth-order valence-electron chi connectivity index (χ4n) is 4.91. The quantitative estimate of drug-likeness (QED) is 0.259. The molecule has 41 heavy (non-hydrogen) atoms. The smallest absolute Gasteiger partial charge is 0.369 e. The molecule has 0 atom stereocenters. The van der Waals surface area contributed by atoms with E-state index in [1.165, 1.54) is 18.2 Å². The van der Waals surface area contributed by atoms with Crippen LogP contribution in [-0.2, 0) is 12.7 Å². The molecule has 0 bridgehead atoms. The molecule has 1 saturated heterocycles. The van der Waals surface area contributed by atoms with Crippen LogP contribution in [0.25, 0.3) is 11.1 Å². The molecule has 0 aliphatic carbocycles. The van der Waals surface area contributed by atoms with Crippen molar-refractivity contribution in [3.8, 4) is 17.2 Å². The highest BCUT2D eigenvalue weighted by Crippen LogP contribution is 2.33. The van der Waals surface area contributed by atoms with Gasteiger partial charge in [0.1, 0.15) is 0 Å². The van der Waals surface area contributed by atoms with Gasteiger partial charge in [-0.3, -0.25) is 9.69 Å². The Morgan fingerprint density at radius 1 is 0.902 bits per heavy atom. The Bertz CT molecular complexity index is 1570. The van der Waals surface area contributed by atoms with E-state index in [1.54, 1.807) is 18.2 Å². The van der Waals surface area contributed by atoms with Crippen molar-refractivity contribution in [2.45, 2.75) is 12.7 Å². The second-order valence-electron chi connectivity index (χ2n) is 9.84. The molecular formula is C32H26ClF3N4O. The van der Waals surface area contributed by atoms with Crippen molar-refractivity contribution >= 4 is 28.9 Å². The van der Waals surface area contributed by atoms with Gasteiger partial charge in [-0.15, -0.1) is 0 Å². The van der Waals surface area contributed by atoms with E-state index < -0.39 is 17.6 Å². The molecule has 1 N–H and O–H groups in total. The van der Waals surface area contributed by atoms with Crippen molar-refractivity contribution < 1.29 is 18.0 Å². The van der Waals surface area contributed by atoms with Crippen LogP contribution in [0, 0.1) is 11.3 Å². The van der Waals surface area contributed by atoms with Crippen LogP contribution in [0.15, 0.2) is 91.0 Å². The van der Waals surface area contributed by atoms with Crippen molar-refractivity contribution in [2.24, 2.45) is 0 Å². The molecule has 0 spiro atoms. The highest BCUT2D eigenvalue weighted by Gasteiger charge is 2.30. The van der Waals surface area contributed by atoms with Gasteiger partial charge in [0.05, 0.1) is 17.2 Å². The first-order valence-corrected chi connectivity index (χ1v) is 13.4. The number of alkyl halides is 3. The lowest BCUT2D eigenvalue weighted by Gasteiger charge is -2.36. The molecule has 208 valence electrons. The molecule has 5 rings (SSSR count). The van der Waals surface area contributed by atoms with Crippen molar-refractivity contribution in [2.75, 3.05) is 36.4 Å². The van der Waals surface area contributed by atoms with E-state index in [2.05, 4.69) is 21.2 Å². The molecule has 9 heteroatoms. The van der Waals surface area contributed by atoms with Crippen LogP contribution in [0.2, 0.25) is 5.02 Å². The number of halogens is 4. The van der Waals surface area contributed by atoms with Crippen molar-refractivity contribution in [3.63, 3.8) is 0 Å². The Kier molecular flexibility index (Phi) is 8.29. The number of nitriles is 1. The Morgan fingerprint density at radius 2 is 1.61 bits per heavy atom. The third-order valence-electron chi connectivity index (χ3n) is 7.07. The van der Waals surface area contributed by atoms with E-state index in [-0.39, 0.29) is 5.56 Å². The number of hydrogen-bond donors (Lipinski definition) is 1. The standard InChI is InChI=1S/C32H26ClF3N4O/c33-26-8-13-29(24-4-6-25(7-5-24)32(34,35)36)30(19-26)31(41)38-27-9-11-28(12-10-27)40-16-14-39(15-17-40)21-23-3-1-2-22(18-23)20-37/h1-13,18-19H,14-17,21H2,(H,38,41). The summed E-state index contributed by atoms with van der Waals surface area (Å²) < 4.78 is 39.0. The minimum atomic E-state index is -4.44. The first kappa shape index (κ1) is 28.2. The van der Waals surface area contributed by atoms with E-state index >= 15 is 0 Å². The van der Waals surface area contributed by atoms with Crippen LogP contribution in [0.1, 0.15) is 27.0 Å². The summed E-state index contributed by atoms with van der Waals surface area (Å²) in [6.07, 6.45) is -4.44. The largest absolute Gasteiger partial charge is 0.416 e. The topological polar surface area (TPSA) is 59.4 Å². The number of piperazine rings is 1. The van der Waals surface area contributed by atoms with E-state index in [0.717, 1.165) is 56.1 Å². The number of anilines is 2. The molecule has 1 fully saturated rings. The molecule has 0 saturated carbocycles. The minimum absolute atomic E-state index is 0.262. The number of rotatable bonds is 6. The number of nitrogens with one attached hydrogen (secondary N) is 1. The summed E-state index contributed by atoms with van der Waals surface area (Å²) in [6, 6.07) is 26.9. The van der Waals surface area contributed by atoms with Gasteiger partial charge in [-0.25, -0.2) is 0 Å². The Morgan fingerprint density at radius 3 is 2.27 bits per heavy atom. The van der Waals surface area contributed by atoms with E-state index in [4.69, 9.17) is 16.9 Å². The maximum Gasteiger partial charge on any atom is 0.416 e. The van der Waals surface area contributed by atoms with Crippen LogP contribution < -0.4 is 10.2 Å². The summed E-state index contributed by atoms with van der Waals surface area (Å²) in [5, 5.41) is 12.3. The Labute approximate surface area is 241 Å². The second kappa shape index (κ2) is 12.0. The summed E-state index contributed by atoms with van der Waals surface area (Å²) >= 11 is 6.16. The molecular weight excluding hydrogens is 549 g/mol. The minimum Gasteiger partial charge on any atom is -0.369 e. The number of hydrogen-bond acceptors (Lipinski definition) is 4. The van der Waals surface area contributed by atoms with Gasteiger partial charge in [0.25, 0.3) is 5.91 Å². The maximum absolute atomic E-state index is 13.2. The average Bonchev–Trinajstić information content (AvgIpc) is 2.98. The van der Waals surface area contributed by atoms with Crippen molar-refractivity contribution in [3.05, 3.63) is 118 Å². The molecule has 4 aromatic rings. The van der Waals surface area contributed by atoms with Gasteiger partial charge in [0, 0.05) is 54.7 Å². The Hall–Kier alpha value is -4.32. The summed E-state index contributed by atoms with van der Waals surface area (Å²) in [5.74, 6) is -0.413. The zero-order chi connectivity index (χ0) is 29.0. The Balaban J connectivity index is 1.22. The first-order valence-electron chi connectivity index (χ1n) is 13.0. The predicted molar refractivity (Wildman–Crippen MR) is 155 cm³/mol. The van der Waals surface area contributed by atoms with Crippen LogP contribution in [0.4, 0.5) is 24.5 Å². The van der Waals surface area contributed by atoms with Crippen LogP contribution in [-0.4, -0.2) is 37.0 Å². The zero-order valence-electron chi connectivity index (χ0n) is 22.0. The molecule has 0 radical (unpaired) electrons. The number of carbonyl (C=O) groups excluding carboxylic acids is 1. The lowest BCUT2D eigenvalue weighted by atomic mass is 9.98. The van der Waals surface area contributed by atoms with Gasteiger partial charge in [0.15, 0.2) is 0 Å². The summed E-state index contributed by atoms with van der Waals surface area (Å²) in [4.78, 5) is 17.9. The maximum atomic E-state index is 13.2. The normalized spacial score (nSPS) is 14.0. The average molecular weight is 575 g/mol. The summed E-state index contributed by atoms with van der Waals surface area (Å²) in [7, 11) is 0. The number of carbonyl (C=O) groups is 1. The van der Waals surface area contributed by atoms with E-state index in [1.807, 2.05) is 42.5 Å². The van der Waals surface area contributed by atoms with Crippen LogP contribution >= 0.6 is 11.6 Å². The van der Waals surface area contributed by atoms with E-state index in [9.17, 15) is 18.0 Å². The number of amides is 1. The number of benzene rings is 4. The van der Waals surface area contributed by atoms with Gasteiger partial charge >= 0.3 is 6.18 Å². The highest BCUT2D eigenvalue weighted by atomic mass is 35.5. The SMILES string of the molecule is N#Cc1cccc(CN2CCN(c3ccc(NC(=O)c4cc(Cl)ccc4-c4ccc(C(F)(F)F)cc4)cc3)CC2)c1. The van der Waals surface area contributed by atoms with Crippen molar-refractivity contribution in [1.82, 2.24) is 4.90 Å². The molecule has 0 unspecified atom stereocenters. The lowest BCUT2D eigenvalue weighted by molar-refractivity contribution is -0.137. The summed E-state index contributed by atoms with van der Waals surface area (Å²) in [5.41, 5.74) is 3.89. The molecule has 5 nitrogen and oxygen atoms in total. The second-order valence-corrected chi connectivity index (χ2v) is 10.3. The van der Waals surface area contributed by atoms with Gasteiger partial charge in [-0.1, -0.05) is 41.9 Å². The van der Waals surface area contributed by atoms with Gasteiger partial charge in [-0.2, -0.15) is 18.4 Å². The summed E-state index contributed by atoms with van der Waals surface area (Å²) in [6.45, 7) is 4.27. The highest BCUT2D eigenvalue weighted by molar-refractivity contribution is 6.31. The third-order valence-corrected chi connectivity index (χ3v) is 7.31. The molecule has 1 aliphatic rings. The molecule has 1 heterocycles. The number of nitrogens with zero attached hydrogens (tertiary/aromatic N) is 3. The van der Waals surface area contributed by atoms with Gasteiger partial charge in [-0.05, 0) is 77.4 Å². The van der Waals surface area contributed by atoms with Crippen LogP contribution in [0.5, 0.6) is 0 Å². The van der Waals surface area contributed by atoms with E-state index in [0.29, 0.717) is 27.4 Å². The molecule has 1 aliphatic heterocycles. The van der Waals surface area contributed by atoms with Crippen LogP contribution in [0.3, 0.4) is 0 Å². The molecule has 1 amide bonds. The lowest BCUT2D eigenvalue weighted by Crippen LogP contribution is -2.45. The molecule has 4 aromatic carbocycles. The van der Waals surface area contributed by atoms with Gasteiger partial charge < -0.3 is 10.2 Å². The monoisotopic (exact) mass is 574 g/mol. The fourth-order valence-corrected chi connectivity index (χ4v) is 5.08. The third kappa shape index (κ3) is 6.88. The zero-order valence-corrected chi connectivity index (χ0v) is 22.7. The van der Waals surface area contributed by atoms with Crippen molar-refractivity contribution in [1.29, 1.82) is 5.26 Å².